The second kappa shape index (κ2) is 7.85. The molecule has 3 aliphatic rings. The molecule has 0 spiro atoms. The SMILES string of the molecule is Cc1cc([N+](=O)[O-])c(O)c2c1[C@H](C)[C@@H]1C(=C2O)C(=O)[C@]2(O)C(O)=C(C(N)=O)C(=O)[C@@H](N(C)C)[C@@H]2[C@H]1O. The smallest absolute Gasteiger partial charge is 0.311 e. The molecule has 192 valence electrons. The van der Waals surface area contributed by atoms with Gasteiger partial charge in [0.05, 0.1) is 28.6 Å². The summed E-state index contributed by atoms with van der Waals surface area (Å²) in [6.07, 6.45) is -1.74. The number of aryl methyl sites for hydroxylation is 1. The van der Waals surface area contributed by atoms with Gasteiger partial charge < -0.3 is 31.3 Å². The summed E-state index contributed by atoms with van der Waals surface area (Å²) in [4.78, 5) is 50.8. The first kappa shape index (κ1) is 25.3. The number of nitro benzene ring substituents is 1. The molecular weight excluding hydrogens is 478 g/mol. The Morgan fingerprint density at radius 2 is 1.81 bits per heavy atom. The molecule has 0 aliphatic heterocycles. The van der Waals surface area contributed by atoms with Crippen molar-refractivity contribution in [1.82, 2.24) is 4.90 Å². The molecule has 13 heteroatoms. The monoisotopic (exact) mass is 503 g/mol. The first-order valence-corrected chi connectivity index (χ1v) is 10.9. The second-order valence-corrected chi connectivity index (χ2v) is 9.66. The maximum atomic E-state index is 13.8. The summed E-state index contributed by atoms with van der Waals surface area (Å²) in [5.74, 6) is -10.7. The molecule has 1 fully saturated rings. The maximum Gasteiger partial charge on any atom is 0.311 e. The molecule has 0 radical (unpaired) electrons. The van der Waals surface area contributed by atoms with E-state index in [0.29, 0.717) is 0 Å². The number of nitro groups is 1. The van der Waals surface area contributed by atoms with E-state index >= 15 is 0 Å². The number of fused-ring (bicyclic) bond motifs is 3. The van der Waals surface area contributed by atoms with E-state index in [1.807, 2.05) is 0 Å². The normalized spacial score (nSPS) is 31.8. The Bertz CT molecular complexity index is 1330. The number of aliphatic hydroxyl groups is 4. The van der Waals surface area contributed by atoms with Gasteiger partial charge in [0.1, 0.15) is 17.1 Å². The Hall–Kier alpha value is -3.81. The van der Waals surface area contributed by atoms with Crippen molar-refractivity contribution in [3.05, 3.63) is 49.8 Å². The molecule has 3 aliphatic carbocycles. The minimum absolute atomic E-state index is 0.225. The van der Waals surface area contributed by atoms with Crippen LogP contribution in [0.25, 0.3) is 5.76 Å². The number of amides is 1. The summed E-state index contributed by atoms with van der Waals surface area (Å²) in [6.45, 7) is 3.04. The molecule has 0 heterocycles. The van der Waals surface area contributed by atoms with Gasteiger partial charge in [-0.05, 0) is 38.1 Å². The van der Waals surface area contributed by atoms with Gasteiger partial charge in [-0.15, -0.1) is 0 Å². The number of Topliss-reactive ketones (excluding diaryl/α,β-unsaturated/α-hetero) is 2. The fraction of sp³-hybridized carbons (Fsp3) is 0.435. The summed E-state index contributed by atoms with van der Waals surface area (Å²) in [7, 11) is 2.82. The number of ketones is 2. The maximum absolute atomic E-state index is 13.8. The minimum Gasteiger partial charge on any atom is -0.508 e. The van der Waals surface area contributed by atoms with E-state index in [1.165, 1.54) is 25.9 Å². The Labute approximate surface area is 203 Å². The first-order valence-electron chi connectivity index (χ1n) is 10.9. The summed E-state index contributed by atoms with van der Waals surface area (Å²) < 4.78 is 0. The van der Waals surface area contributed by atoms with E-state index in [-0.39, 0.29) is 11.1 Å². The molecule has 1 saturated carbocycles. The van der Waals surface area contributed by atoms with Crippen molar-refractivity contribution in [3.63, 3.8) is 0 Å². The third kappa shape index (κ3) is 2.90. The number of carbonyl (C=O) groups is 3. The number of benzene rings is 1. The predicted octanol–water partition coefficient (Wildman–Crippen LogP) is -0.288. The predicted molar refractivity (Wildman–Crippen MR) is 122 cm³/mol. The van der Waals surface area contributed by atoms with Crippen LogP contribution in [0.4, 0.5) is 5.69 Å². The Balaban J connectivity index is 2.10. The van der Waals surface area contributed by atoms with Crippen LogP contribution in [-0.2, 0) is 14.4 Å². The van der Waals surface area contributed by atoms with Crippen LogP contribution in [-0.4, -0.2) is 84.7 Å². The van der Waals surface area contributed by atoms with Gasteiger partial charge in [0.25, 0.3) is 5.91 Å². The van der Waals surface area contributed by atoms with E-state index in [1.54, 1.807) is 6.92 Å². The number of phenolic OH excluding ortho intramolecular Hbond substituents is 1. The Morgan fingerprint density at radius 1 is 1.22 bits per heavy atom. The van der Waals surface area contributed by atoms with Gasteiger partial charge in [0, 0.05) is 17.6 Å². The van der Waals surface area contributed by atoms with E-state index in [2.05, 4.69) is 0 Å². The molecular formula is C23H25N3O10. The van der Waals surface area contributed by atoms with Gasteiger partial charge in [-0.3, -0.25) is 29.4 Å². The number of likely N-dealkylation sites (N-methyl/N-ethyl adjacent to an activating group) is 1. The molecule has 13 nitrogen and oxygen atoms in total. The number of nitrogens with two attached hydrogens (primary N) is 1. The van der Waals surface area contributed by atoms with E-state index in [4.69, 9.17) is 5.73 Å². The highest BCUT2D eigenvalue weighted by atomic mass is 16.6. The fourth-order valence-electron chi connectivity index (χ4n) is 6.14. The van der Waals surface area contributed by atoms with Crippen molar-refractivity contribution in [3.8, 4) is 5.75 Å². The number of aromatic hydroxyl groups is 1. The topological polar surface area (TPSA) is 225 Å². The molecule has 1 amide bonds. The zero-order valence-electron chi connectivity index (χ0n) is 19.7. The number of aliphatic hydroxyl groups excluding tert-OH is 3. The average Bonchev–Trinajstić information content (AvgIpc) is 2.77. The number of rotatable bonds is 3. The Morgan fingerprint density at radius 3 is 2.31 bits per heavy atom. The highest BCUT2D eigenvalue weighted by Gasteiger charge is 2.68. The van der Waals surface area contributed by atoms with Crippen molar-refractivity contribution in [1.29, 1.82) is 0 Å². The van der Waals surface area contributed by atoms with Crippen molar-refractivity contribution in [2.24, 2.45) is 17.6 Å². The molecule has 36 heavy (non-hydrogen) atoms. The van der Waals surface area contributed by atoms with Crippen molar-refractivity contribution >= 4 is 28.9 Å². The number of nitrogens with zero attached hydrogens (tertiary/aromatic N) is 2. The second-order valence-electron chi connectivity index (χ2n) is 9.66. The van der Waals surface area contributed by atoms with E-state index < -0.39 is 97.6 Å². The van der Waals surface area contributed by atoms with Crippen molar-refractivity contribution in [2.75, 3.05) is 14.1 Å². The third-order valence-corrected chi connectivity index (χ3v) is 7.61. The van der Waals surface area contributed by atoms with Crippen LogP contribution in [0.2, 0.25) is 0 Å². The van der Waals surface area contributed by atoms with Crippen molar-refractivity contribution < 1.29 is 44.8 Å². The molecule has 0 saturated heterocycles. The lowest BCUT2D eigenvalue weighted by molar-refractivity contribution is -0.386. The molecule has 4 rings (SSSR count). The summed E-state index contributed by atoms with van der Waals surface area (Å²) >= 11 is 0. The summed E-state index contributed by atoms with van der Waals surface area (Å²) in [6, 6.07) is -0.368. The van der Waals surface area contributed by atoms with Gasteiger partial charge >= 0.3 is 5.69 Å². The molecule has 1 aromatic rings. The third-order valence-electron chi connectivity index (χ3n) is 7.61. The van der Waals surface area contributed by atoms with Crippen LogP contribution in [0, 0.1) is 28.9 Å². The quantitative estimate of drug-likeness (QED) is 0.178. The molecule has 7 N–H and O–H groups in total. The lowest BCUT2D eigenvalue weighted by atomic mass is 9.54. The highest BCUT2D eigenvalue weighted by Crippen LogP contribution is 2.57. The number of phenols is 1. The number of hydrogen-bond acceptors (Lipinski definition) is 11. The van der Waals surface area contributed by atoms with Crippen LogP contribution in [0.5, 0.6) is 5.75 Å². The molecule has 6 atom stereocenters. The van der Waals surface area contributed by atoms with Crippen LogP contribution >= 0.6 is 0 Å². The van der Waals surface area contributed by atoms with Gasteiger partial charge in [0.2, 0.25) is 11.5 Å². The van der Waals surface area contributed by atoms with Crippen LogP contribution in [0.3, 0.4) is 0 Å². The lowest BCUT2D eigenvalue weighted by Gasteiger charge is -2.53. The van der Waals surface area contributed by atoms with Gasteiger partial charge in [-0.2, -0.15) is 0 Å². The summed E-state index contributed by atoms with van der Waals surface area (Å²) in [5.41, 5.74) is -0.0675. The van der Waals surface area contributed by atoms with Gasteiger partial charge in [0.15, 0.2) is 11.4 Å². The summed E-state index contributed by atoms with van der Waals surface area (Å²) in [5, 5.41) is 67.2. The van der Waals surface area contributed by atoms with Crippen LogP contribution < -0.4 is 5.73 Å². The van der Waals surface area contributed by atoms with E-state index in [0.717, 1.165) is 6.07 Å². The van der Waals surface area contributed by atoms with Crippen LogP contribution in [0.1, 0.15) is 29.5 Å². The minimum atomic E-state index is -3.05. The zero-order chi connectivity index (χ0) is 27.2. The van der Waals surface area contributed by atoms with Gasteiger partial charge in [-0.1, -0.05) is 6.92 Å². The van der Waals surface area contributed by atoms with Crippen LogP contribution in [0.15, 0.2) is 23.0 Å². The lowest BCUT2D eigenvalue weighted by Crippen LogP contribution is -2.70. The average molecular weight is 503 g/mol. The zero-order valence-corrected chi connectivity index (χ0v) is 19.7. The number of carbonyl (C=O) groups excluding carboxylic acids is 3. The molecule has 0 aromatic heterocycles. The molecule has 0 unspecified atom stereocenters. The standard InChI is InChI=1S/C23H25N3O10/c1-6-5-8(26(35)36)16(27)11-9(6)7(2)10-12(17(11)28)20(31)23(34)14(18(10)29)15(25(3)4)19(30)13(21(23)32)22(24)33/h5,7,10,14-15,18,27-29,32,34H,1-4H3,(H2,24,33)/t7-,10+,14+,15-,18-,23-/m0/s1. The van der Waals surface area contributed by atoms with Gasteiger partial charge in [-0.25, -0.2) is 0 Å². The number of hydrogen-bond donors (Lipinski definition) is 6. The Kier molecular flexibility index (Phi) is 5.51. The fourth-order valence-corrected chi connectivity index (χ4v) is 6.14. The molecule has 1 aromatic carbocycles. The highest BCUT2D eigenvalue weighted by molar-refractivity contribution is 6.24. The number of primary amides is 1. The largest absolute Gasteiger partial charge is 0.508 e. The van der Waals surface area contributed by atoms with E-state index in [9.17, 15) is 50.0 Å². The molecule has 0 bridgehead atoms. The first-order chi connectivity index (χ1) is 16.6. The van der Waals surface area contributed by atoms with Crippen molar-refractivity contribution in [2.45, 2.75) is 37.5 Å².